The van der Waals surface area contributed by atoms with Gasteiger partial charge in [-0.3, -0.25) is 9.78 Å². The minimum absolute atomic E-state index is 0.219. The average Bonchev–Trinajstić information content (AvgIpc) is 3.32. The lowest BCUT2D eigenvalue weighted by Gasteiger charge is -2.12. The first-order valence-corrected chi connectivity index (χ1v) is 7.84. The molecule has 6 heteroatoms. The molecule has 1 aliphatic rings. The van der Waals surface area contributed by atoms with E-state index >= 15 is 0 Å². The highest BCUT2D eigenvalue weighted by Crippen LogP contribution is 2.43. The minimum Gasteiger partial charge on any atom is -0.370 e. The number of carbonyl (C=O) groups excluding carboxylic acids is 1. The number of pyridine rings is 1. The predicted molar refractivity (Wildman–Crippen MR) is 93.2 cm³/mol. The van der Waals surface area contributed by atoms with Crippen molar-refractivity contribution in [2.45, 2.75) is 18.8 Å². The number of aliphatic imine (C=N–C) groups is 1. The Bertz CT molecular complexity index is 959. The molecule has 1 saturated carbocycles. The summed E-state index contributed by atoms with van der Waals surface area (Å²) in [6.07, 6.45) is 5.81. The van der Waals surface area contributed by atoms with E-state index in [-0.39, 0.29) is 5.96 Å². The molecule has 4 N–H and O–H groups in total. The fourth-order valence-electron chi connectivity index (χ4n) is 3.08. The molecule has 6 nitrogen and oxygen atoms in total. The Morgan fingerprint density at radius 2 is 2.00 bits per heavy atom. The Kier molecular flexibility index (Phi) is 3.30. The molecule has 0 atom stereocenters. The van der Waals surface area contributed by atoms with Crippen molar-refractivity contribution in [3.63, 3.8) is 0 Å². The quantitative estimate of drug-likeness (QED) is 0.571. The lowest BCUT2D eigenvalue weighted by atomic mass is 10.1. The summed E-state index contributed by atoms with van der Waals surface area (Å²) in [5.41, 5.74) is 14.2. The summed E-state index contributed by atoms with van der Waals surface area (Å²) in [6, 6.07) is 11.7. The summed E-state index contributed by atoms with van der Waals surface area (Å²) in [7, 11) is 0. The molecule has 0 unspecified atom stereocenters. The normalized spacial score (nSPS) is 13.8. The molecule has 0 aliphatic heterocycles. The second kappa shape index (κ2) is 5.49. The number of nitrogens with two attached hydrogens (primary N) is 2. The van der Waals surface area contributed by atoms with Gasteiger partial charge in [-0.05, 0) is 43.2 Å². The van der Waals surface area contributed by atoms with Crippen LogP contribution in [0, 0.1) is 0 Å². The summed E-state index contributed by atoms with van der Waals surface area (Å²) < 4.78 is 2.07. The number of guanidine groups is 1. The lowest BCUT2D eigenvalue weighted by molar-refractivity contribution is 0.100. The van der Waals surface area contributed by atoms with Gasteiger partial charge in [0.15, 0.2) is 5.96 Å². The van der Waals surface area contributed by atoms with Gasteiger partial charge in [0.05, 0.1) is 16.8 Å². The molecule has 0 bridgehead atoms. The van der Waals surface area contributed by atoms with Gasteiger partial charge in [0, 0.05) is 29.4 Å². The third-order valence-electron chi connectivity index (χ3n) is 4.23. The van der Waals surface area contributed by atoms with E-state index in [4.69, 9.17) is 11.5 Å². The Labute approximate surface area is 138 Å². The van der Waals surface area contributed by atoms with Crippen LogP contribution < -0.4 is 11.5 Å². The summed E-state index contributed by atoms with van der Waals surface area (Å²) >= 11 is 0. The Morgan fingerprint density at radius 3 is 2.75 bits per heavy atom. The van der Waals surface area contributed by atoms with E-state index in [0.717, 1.165) is 35.1 Å². The van der Waals surface area contributed by atoms with Crippen LogP contribution in [0.4, 0.5) is 0 Å². The van der Waals surface area contributed by atoms with Crippen molar-refractivity contribution in [2.75, 3.05) is 0 Å². The van der Waals surface area contributed by atoms with E-state index in [9.17, 15) is 4.79 Å². The van der Waals surface area contributed by atoms with Crippen molar-refractivity contribution in [3.05, 3.63) is 60.0 Å². The first-order chi connectivity index (χ1) is 11.6. The second-order valence-corrected chi connectivity index (χ2v) is 5.95. The highest BCUT2D eigenvalue weighted by Gasteiger charge is 2.32. The van der Waals surface area contributed by atoms with Crippen LogP contribution in [0.1, 0.15) is 34.8 Å². The van der Waals surface area contributed by atoms with Gasteiger partial charge in [0.25, 0.3) is 5.91 Å². The molecule has 4 rings (SSSR count). The third kappa shape index (κ3) is 2.42. The van der Waals surface area contributed by atoms with E-state index in [2.05, 4.69) is 14.5 Å². The smallest absolute Gasteiger partial charge is 0.282 e. The standard InChI is InChI=1S/C18H17N5O/c19-18(20)22-17(24)13-8-10-23(16(13)11-6-7-11)15-5-1-4-14-12(15)3-2-9-21-14/h1-5,8-11H,6-7H2,(H4,19,20,22,24). The van der Waals surface area contributed by atoms with Crippen LogP contribution >= 0.6 is 0 Å². The minimum atomic E-state index is -0.394. The fraction of sp³-hybridized carbons (Fsp3) is 0.167. The number of hydrogen-bond acceptors (Lipinski definition) is 2. The average molecular weight is 319 g/mol. The Balaban J connectivity index is 1.91. The number of nitrogens with zero attached hydrogens (tertiary/aromatic N) is 3. The van der Waals surface area contributed by atoms with Crippen LogP contribution in [0.5, 0.6) is 0 Å². The van der Waals surface area contributed by atoms with Crippen LogP contribution in [-0.2, 0) is 0 Å². The molecule has 1 aliphatic carbocycles. The van der Waals surface area contributed by atoms with Gasteiger partial charge >= 0.3 is 0 Å². The van der Waals surface area contributed by atoms with Crippen molar-refractivity contribution in [2.24, 2.45) is 16.5 Å². The molecule has 0 spiro atoms. The molecule has 120 valence electrons. The molecule has 0 saturated heterocycles. The molecular weight excluding hydrogens is 302 g/mol. The van der Waals surface area contributed by atoms with Crippen molar-refractivity contribution in [1.82, 2.24) is 9.55 Å². The molecule has 0 radical (unpaired) electrons. The second-order valence-electron chi connectivity index (χ2n) is 5.95. The molecule has 24 heavy (non-hydrogen) atoms. The van der Waals surface area contributed by atoms with Crippen LogP contribution in [0.15, 0.2) is 53.8 Å². The fourth-order valence-corrected chi connectivity index (χ4v) is 3.08. The predicted octanol–water partition coefficient (Wildman–Crippen LogP) is 2.32. The zero-order valence-electron chi connectivity index (χ0n) is 13.0. The van der Waals surface area contributed by atoms with E-state index < -0.39 is 5.91 Å². The van der Waals surface area contributed by atoms with E-state index in [1.54, 1.807) is 12.3 Å². The number of benzene rings is 1. The topological polar surface area (TPSA) is 99.3 Å². The molecule has 1 amide bonds. The molecule has 2 aromatic heterocycles. The zero-order chi connectivity index (χ0) is 16.7. The number of carbonyl (C=O) groups is 1. The number of amides is 1. The largest absolute Gasteiger partial charge is 0.370 e. The highest BCUT2D eigenvalue weighted by atomic mass is 16.1. The number of aromatic nitrogens is 2. The maximum absolute atomic E-state index is 12.3. The number of hydrogen-bond donors (Lipinski definition) is 2. The van der Waals surface area contributed by atoms with Crippen molar-refractivity contribution in [3.8, 4) is 5.69 Å². The summed E-state index contributed by atoms with van der Waals surface area (Å²) in [6.45, 7) is 0. The maximum atomic E-state index is 12.3. The molecule has 3 aromatic rings. The van der Waals surface area contributed by atoms with Crippen molar-refractivity contribution in [1.29, 1.82) is 0 Å². The number of rotatable bonds is 3. The summed E-state index contributed by atoms with van der Waals surface area (Å²) in [5, 5.41) is 1.04. The van der Waals surface area contributed by atoms with Gasteiger partial charge in [-0.1, -0.05) is 6.07 Å². The Morgan fingerprint density at radius 1 is 1.17 bits per heavy atom. The lowest BCUT2D eigenvalue weighted by Crippen LogP contribution is -2.24. The van der Waals surface area contributed by atoms with Crippen LogP contribution in [0.3, 0.4) is 0 Å². The third-order valence-corrected chi connectivity index (χ3v) is 4.23. The van der Waals surface area contributed by atoms with Gasteiger partial charge in [-0.2, -0.15) is 4.99 Å². The molecule has 1 fully saturated rings. The van der Waals surface area contributed by atoms with Crippen LogP contribution in [0.2, 0.25) is 0 Å². The summed E-state index contributed by atoms with van der Waals surface area (Å²) in [4.78, 5) is 20.4. The number of fused-ring (bicyclic) bond motifs is 1. The highest BCUT2D eigenvalue weighted by molar-refractivity contribution is 6.03. The SMILES string of the molecule is NC(N)=NC(=O)c1ccn(-c2cccc3ncccc23)c1C1CC1. The van der Waals surface area contributed by atoms with Crippen molar-refractivity contribution < 1.29 is 4.79 Å². The van der Waals surface area contributed by atoms with Crippen LogP contribution in [-0.4, -0.2) is 21.4 Å². The molecule has 2 heterocycles. The molecular formula is C18H17N5O. The maximum Gasteiger partial charge on any atom is 0.282 e. The Hall–Kier alpha value is -3.15. The van der Waals surface area contributed by atoms with Crippen LogP contribution in [0.25, 0.3) is 16.6 Å². The van der Waals surface area contributed by atoms with Gasteiger partial charge < -0.3 is 16.0 Å². The monoisotopic (exact) mass is 319 g/mol. The van der Waals surface area contributed by atoms with E-state index in [1.807, 2.05) is 36.5 Å². The van der Waals surface area contributed by atoms with Crippen molar-refractivity contribution >= 4 is 22.8 Å². The first kappa shape index (κ1) is 14.4. The zero-order valence-corrected chi connectivity index (χ0v) is 13.0. The van der Waals surface area contributed by atoms with Gasteiger partial charge in [0.1, 0.15) is 0 Å². The summed E-state index contributed by atoms with van der Waals surface area (Å²) in [5.74, 6) is -0.252. The van der Waals surface area contributed by atoms with E-state index in [1.165, 1.54) is 0 Å². The van der Waals surface area contributed by atoms with Gasteiger partial charge in [0.2, 0.25) is 0 Å². The first-order valence-electron chi connectivity index (χ1n) is 7.84. The van der Waals surface area contributed by atoms with Gasteiger partial charge in [-0.25, -0.2) is 0 Å². The molecule has 1 aromatic carbocycles. The van der Waals surface area contributed by atoms with Gasteiger partial charge in [-0.15, -0.1) is 0 Å². The van der Waals surface area contributed by atoms with E-state index in [0.29, 0.717) is 11.5 Å².